The van der Waals surface area contributed by atoms with Gasteiger partial charge in [-0.3, -0.25) is 9.59 Å². The van der Waals surface area contributed by atoms with Crippen LogP contribution in [0.2, 0.25) is 0 Å². The van der Waals surface area contributed by atoms with Crippen LogP contribution in [0.15, 0.2) is 48.5 Å². The highest BCUT2D eigenvalue weighted by Gasteiger charge is 2.42. The Morgan fingerprint density at radius 2 is 1.60 bits per heavy atom. The molecule has 2 aromatic rings. The van der Waals surface area contributed by atoms with Crippen molar-refractivity contribution < 1.29 is 24.2 Å². The molecule has 0 aromatic heterocycles. The van der Waals surface area contributed by atoms with E-state index in [1.165, 1.54) is 0 Å². The first-order valence-electron chi connectivity index (χ1n) is 12.5. The number of benzene rings is 2. The fraction of sp³-hybridized carbons (Fsp3) is 0.464. The van der Waals surface area contributed by atoms with Crippen LogP contribution in [0.5, 0.6) is 0 Å². The summed E-state index contributed by atoms with van der Waals surface area (Å²) in [5.41, 5.74) is 3.61. The van der Waals surface area contributed by atoms with E-state index in [1.54, 1.807) is 0 Å². The summed E-state index contributed by atoms with van der Waals surface area (Å²) in [6.45, 7) is 4.06. The number of nitrogens with one attached hydrogen (secondary N) is 2. The molecule has 4 rings (SSSR count). The highest BCUT2D eigenvalue weighted by atomic mass is 16.5. The number of fused-ring (bicyclic) bond motifs is 3. The zero-order chi connectivity index (χ0) is 25.0. The van der Waals surface area contributed by atoms with Gasteiger partial charge in [0.15, 0.2) is 0 Å². The minimum absolute atomic E-state index is 0.0678. The van der Waals surface area contributed by atoms with Crippen molar-refractivity contribution in [1.29, 1.82) is 0 Å². The third-order valence-electron chi connectivity index (χ3n) is 7.73. The van der Waals surface area contributed by atoms with Crippen molar-refractivity contribution in [2.45, 2.75) is 57.9 Å². The lowest BCUT2D eigenvalue weighted by atomic mass is 9.86. The van der Waals surface area contributed by atoms with E-state index in [0.29, 0.717) is 19.3 Å². The largest absolute Gasteiger partial charge is 0.481 e. The molecule has 3 N–H and O–H groups in total. The minimum atomic E-state index is -0.917. The molecule has 2 aliphatic rings. The lowest BCUT2D eigenvalue weighted by Gasteiger charge is -2.28. The molecule has 35 heavy (non-hydrogen) atoms. The van der Waals surface area contributed by atoms with E-state index >= 15 is 0 Å². The predicted molar refractivity (Wildman–Crippen MR) is 133 cm³/mol. The molecule has 2 atom stereocenters. The maximum atomic E-state index is 13.0. The molecule has 2 aromatic carbocycles. The molecule has 7 nitrogen and oxygen atoms in total. The van der Waals surface area contributed by atoms with Gasteiger partial charge in [0.25, 0.3) is 0 Å². The van der Waals surface area contributed by atoms with Gasteiger partial charge in [0, 0.05) is 12.5 Å². The standard InChI is InChI=1S/C28H34N2O5/c1-3-18(2)24(25(31)29-17-28(26(32)33)14-8-9-15-28)30-27(34)35-16-23-21-12-6-4-10-19(21)20-11-5-7-13-22(20)23/h4-7,10-13,18,23-24H,3,8-9,14-17H2,1-2H3,(H,29,31)(H,30,34)(H,32,33)/t18-,24-/m0/s1. The van der Waals surface area contributed by atoms with Crippen molar-refractivity contribution in [3.63, 3.8) is 0 Å². The second-order valence-corrected chi connectivity index (χ2v) is 9.84. The van der Waals surface area contributed by atoms with Crippen LogP contribution in [0.1, 0.15) is 63.0 Å². The fourth-order valence-corrected chi connectivity index (χ4v) is 5.35. The molecular formula is C28H34N2O5. The van der Waals surface area contributed by atoms with Gasteiger partial charge in [-0.15, -0.1) is 0 Å². The number of hydrogen-bond donors (Lipinski definition) is 3. The van der Waals surface area contributed by atoms with Gasteiger partial charge >= 0.3 is 12.1 Å². The fourth-order valence-electron chi connectivity index (χ4n) is 5.35. The van der Waals surface area contributed by atoms with Crippen LogP contribution in [-0.2, 0) is 14.3 Å². The molecule has 2 amide bonds. The van der Waals surface area contributed by atoms with E-state index in [9.17, 15) is 19.5 Å². The average molecular weight is 479 g/mol. The van der Waals surface area contributed by atoms with Gasteiger partial charge in [-0.25, -0.2) is 4.79 Å². The lowest BCUT2D eigenvalue weighted by Crippen LogP contribution is -2.53. The Kier molecular flexibility index (Phi) is 7.43. The van der Waals surface area contributed by atoms with Crippen LogP contribution in [0.4, 0.5) is 4.79 Å². The SMILES string of the molecule is CC[C@H](C)[C@H](NC(=O)OCC1c2ccccc2-c2ccccc21)C(=O)NCC1(C(=O)O)CCCC1. The number of carboxylic acids is 1. The zero-order valence-electron chi connectivity index (χ0n) is 20.4. The molecule has 0 saturated heterocycles. The topological polar surface area (TPSA) is 105 Å². The molecule has 1 fully saturated rings. The van der Waals surface area contributed by atoms with Gasteiger partial charge < -0.3 is 20.5 Å². The molecule has 0 bridgehead atoms. The number of carboxylic acid groups (broad SMARTS) is 1. The first kappa shape index (κ1) is 24.8. The minimum Gasteiger partial charge on any atom is -0.481 e. The quantitative estimate of drug-likeness (QED) is 0.485. The average Bonchev–Trinajstić information content (AvgIpc) is 3.48. The third-order valence-corrected chi connectivity index (χ3v) is 7.73. The van der Waals surface area contributed by atoms with Crippen LogP contribution in [0, 0.1) is 11.3 Å². The van der Waals surface area contributed by atoms with Gasteiger partial charge in [-0.1, -0.05) is 81.6 Å². The molecule has 7 heteroatoms. The van der Waals surface area contributed by atoms with Crippen LogP contribution in [0.3, 0.4) is 0 Å². The highest BCUT2D eigenvalue weighted by Crippen LogP contribution is 2.44. The molecule has 0 heterocycles. The number of hydrogen-bond acceptors (Lipinski definition) is 4. The van der Waals surface area contributed by atoms with E-state index in [0.717, 1.165) is 35.1 Å². The van der Waals surface area contributed by atoms with E-state index in [2.05, 4.69) is 34.9 Å². The van der Waals surface area contributed by atoms with Crippen LogP contribution < -0.4 is 10.6 Å². The number of amides is 2. The summed E-state index contributed by atoms with van der Waals surface area (Å²) in [6.07, 6.45) is 2.81. The predicted octanol–water partition coefficient (Wildman–Crippen LogP) is 4.70. The summed E-state index contributed by atoms with van der Waals surface area (Å²) in [7, 11) is 0. The number of rotatable bonds is 9. The molecule has 0 radical (unpaired) electrons. The van der Waals surface area contributed by atoms with Gasteiger partial charge in [0.2, 0.25) is 5.91 Å². The Bertz CT molecular complexity index is 1050. The molecular weight excluding hydrogens is 444 g/mol. The number of alkyl carbamates (subject to hydrolysis) is 1. The molecule has 1 saturated carbocycles. The molecule has 2 aliphatic carbocycles. The van der Waals surface area contributed by atoms with Crippen molar-refractivity contribution in [2.24, 2.45) is 11.3 Å². The summed E-state index contributed by atoms with van der Waals surface area (Å²) < 4.78 is 5.63. The maximum Gasteiger partial charge on any atom is 0.407 e. The van der Waals surface area contributed by atoms with Crippen LogP contribution in [-0.4, -0.2) is 42.3 Å². The van der Waals surface area contributed by atoms with Gasteiger partial charge in [-0.05, 0) is 41.0 Å². The zero-order valence-corrected chi connectivity index (χ0v) is 20.4. The Labute approximate surface area is 206 Å². The Morgan fingerprint density at radius 3 is 2.14 bits per heavy atom. The summed E-state index contributed by atoms with van der Waals surface area (Å²) >= 11 is 0. The highest BCUT2D eigenvalue weighted by molar-refractivity contribution is 5.87. The van der Waals surface area contributed by atoms with Crippen molar-refractivity contribution in [3.8, 4) is 11.1 Å². The van der Waals surface area contributed by atoms with E-state index < -0.39 is 23.5 Å². The first-order chi connectivity index (χ1) is 16.9. The van der Waals surface area contributed by atoms with Crippen molar-refractivity contribution in [3.05, 3.63) is 59.7 Å². The van der Waals surface area contributed by atoms with Gasteiger partial charge in [0.05, 0.1) is 5.41 Å². The molecule has 0 unspecified atom stereocenters. The van der Waals surface area contributed by atoms with E-state index in [4.69, 9.17) is 4.74 Å². The molecule has 0 aliphatic heterocycles. The first-order valence-corrected chi connectivity index (χ1v) is 12.5. The number of aliphatic carboxylic acids is 1. The molecule has 186 valence electrons. The number of ether oxygens (including phenoxy) is 1. The smallest absolute Gasteiger partial charge is 0.407 e. The summed E-state index contributed by atoms with van der Waals surface area (Å²) in [6, 6.07) is 15.4. The van der Waals surface area contributed by atoms with Crippen molar-refractivity contribution in [1.82, 2.24) is 10.6 Å². The number of carbonyl (C=O) groups is 3. The Hall–Kier alpha value is -3.35. The number of carbonyl (C=O) groups excluding carboxylic acids is 2. The summed E-state index contributed by atoms with van der Waals surface area (Å²) in [5.74, 6) is -1.46. The van der Waals surface area contributed by atoms with Crippen LogP contribution in [0.25, 0.3) is 11.1 Å². The molecule has 0 spiro atoms. The van der Waals surface area contributed by atoms with Crippen molar-refractivity contribution in [2.75, 3.05) is 13.2 Å². The lowest BCUT2D eigenvalue weighted by molar-refractivity contribution is -0.148. The van der Waals surface area contributed by atoms with E-state index in [-0.39, 0.29) is 30.9 Å². The Balaban J connectivity index is 1.39. The van der Waals surface area contributed by atoms with Crippen molar-refractivity contribution >= 4 is 18.0 Å². The van der Waals surface area contributed by atoms with Gasteiger partial charge in [-0.2, -0.15) is 0 Å². The Morgan fingerprint density at radius 1 is 1.03 bits per heavy atom. The monoisotopic (exact) mass is 478 g/mol. The van der Waals surface area contributed by atoms with Gasteiger partial charge in [0.1, 0.15) is 12.6 Å². The normalized spacial score (nSPS) is 17.7. The second kappa shape index (κ2) is 10.5. The third kappa shape index (κ3) is 5.04. The second-order valence-electron chi connectivity index (χ2n) is 9.84. The van der Waals surface area contributed by atoms with E-state index in [1.807, 2.05) is 38.1 Å². The maximum absolute atomic E-state index is 13.0. The van der Waals surface area contributed by atoms with Crippen LogP contribution >= 0.6 is 0 Å². The summed E-state index contributed by atoms with van der Waals surface area (Å²) in [4.78, 5) is 37.6. The summed E-state index contributed by atoms with van der Waals surface area (Å²) in [5, 5.41) is 15.2.